The van der Waals surface area contributed by atoms with Gasteiger partial charge in [0, 0.05) is 6.42 Å². The standard InChI is InChI=1S/C23H29N3O4/c1-14(2)21(23-24-16-8-6-7-9-17(16)25-23)26-20(27)11-10-15-12-18(28-3)22(30-5)19(13-15)29-4/h6-9,12-14,21H,10-11H2,1-5H3,(H,24,25)(H,26,27). The molecule has 1 heterocycles. The van der Waals surface area contributed by atoms with Crippen LogP contribution in [-0.2, 0) is 11.2 Å². The monoisotopic (exact) mass is 411 g/mol. The number of aromatic amines is 1. The number of para-hydroxylation sites is 2. The minimum atomic E-state index is -0.190. The SMILES string of the molecule is COc1cc(CCC(=O)NC(c2nc3ccccc3[nH]2)C(C)C)cc(OC)c1OC. The molecule has 0 saturated carbocycles. The summed E-state index contributed by atoms with van der Waals surface area (Å²) in [7, 11) is 4.72. The fourth-order valence-electron chi connectivity index (χ4n) is 3.45. The molecule has 0 aliphatic rings. The van der Waals surface area contributed by atoms with Gasteiger partial charge in [-0.15, -0.1) is 0 Å². The fourth-order valence-corrected chi connectivity index (χ4v) is 3.45. The molecule has 0 radical (unpaired) electrons. The molecule has 1 atom stereocenters. The molecular formula is C23H29N3O4. The number of carbonyl (C=O) groups is 1. The molecular weight excluding hydrogens is 382 g/mol. The summed E-state index contributed by atoms with van der Waals surface area (Å²) >= 11 is 0. The lowest BCUT2D eigenvalue weighted by Crippen LogP contribution is -2.32. The molecule has 7 nitrogen and oxygen atoms in total. The lowest BCUT2D eigenvalue weighted by atomic mass is 10.0. The smallest absolute Gasteiger partial charge is 0.220 e. The number of nitrogens with one attached hydrogen (secondary N) is 2. The van der Waals surface area contributed by atoms with E-state index < -0.39 is 0 Å². The number of imidazole rings is 1. The number of benzene rings is 2. The Balaban J connectivity index is 1.70. The molecule has 3 aromatic rings. The van der Waals surface area contributed by atoms with Crippen molar-refractivity contribution in [3.8, 4) is 17.2 Å². The zero-order valence-corrected chi connectivity index (χ0v) is 18.1. The van der Waals surface area contributed by atoms with Crippen LogP contribution in [0.4, 0.5) is 0 Å². The summed E-state index contributed by atoms with van der Waals surface area (Å²) in [5.74, 6) is 2.62. The number of hydrogen-bond acceptors (Lipinski definition) is 5. The molecule has 0 aliphatic carbocycles. The quantitative estimate of drug-likeness (QED) is 0.555. The van der Waals surface area contributed by atoms with Crippen molar-refractivity contribution in [1.82, 2.24) is 15.3 Å². The zero-order chi connectivity index (χ0) is 21.7. The Morgan fingerprint density at radius 3 is 2.30 bits per heavy atom. The van der Waals surface area contributed by atoms with E-state index in [1.165, 1.54) is 0 Å². The van der Waals surface area contributed by atoms with E-state index in [1.54, 1.807) is 21.3 Å². The summed E-state index contributed by atoms with van der Waals surface area (Å²) in [5, 5.41) is 3.12. The molecule has 1 aromatic heterocycles. The summed E-state index contributed by atoms with van der Waals surface area (Å²) in [5.41, 5.74) is 2.79. The van der Waals surface area contributed by atoms with Gasteiger partial charge in [-0.2, -0.15) is 0 Å². The Kier molecular flexibility index (Phi) is 6.82. The molecule has 30 heavy (non-hydrogen) atoms. The number of H-pyrrole nitrogens is 1. The Morgan fingerprint density at radius 1 is 1.07 bits per heavy atom. The number of amides is 1. The van der Waals surface area contributed by atoms with E-state index in [-0.39, 0.29) is 17.9 Å². The number of ether oxygens (including phenoxy) is 3. The van der Waals surface area contributed by atoms with Crippen LogP contribution in [0, 0.1) is 5.92 Å². The van der Waals surface area contributed by atoms with Crippen molar-refractivity contribution in [3.05, 3.63) is 47.8 Å². The largest absolute Gasteiger partial charge is 0.493 e. The fraction of sp³-hybridized carbons (Fsp3) is 0.391. The van der Waals surface area contributed by atoms with Crippen molar-refractivity contribution < 1.29 is 19.0 Å². The highest BCUT2D eigenvalue weighted by Crippen LogP contribution is 2.38. The summed E-state index contributed by atoms with van der Waals surface area (Å²) in [6, 6.07) is 11.4. The van der Waals surface area contributed by atoms with E-state index in [2.05, 4.69) is 29.1 Å². The van der Waals surface area contributed by atoms with E-state index in [0.717, 1.165) is 22.4 Å². The topological polar surface area (TPSA) is 85.5 Å². The number of rotatable bonds is 9. The highest BCUT2D eigenvalue weighted by molar-refractivity contribution is 5.78. The number of aryl methyl sites for hydroxylation is 1. The van der Waals surface area contributed by atoms with Crippen molar-refractivity contribution in [1.29, 1.82) is 0 Å². The van der Waals surface area contributed by atoms with Gasteiger partial charge in [-0.25, -0.2) is 4.98 Å². The van der Waals surface area contributed by atoms with Gasteiger partial charge in [0.1, 0.15) is 5.82 Å². The van der Waals surface area contributed by atoms with E-state index in [1.807, 2.05) is 36.4 Å². The van der Waals surface area contributed by atoms with Crippen molar-refractivity contribution in [2.75, 3.05) is 21.3 Å². The summed E-state index contributed by atoms with van der Waals surface area (Å²) < 4.78 is 16.1. The summed E-state index contributed by atoms with van der Waals surface area (Å²) in [6.07, 6.45) is 0.885. The minimum Gasteiger partial charge on any atom is -0.493 e. The first-order chi connectivity index (χ1) is 14.5. The van der Waals surface area contributed by atoms with Gasteiger partial charge < -0.3 is 24.5 Å². The van der Waals surface area contributed by atoms with Gasteiger partial charge in [-0.05, 0) is 42.2 Å². The normalized spacial score (nSPS) is 12.1. The van der Waals surface area contributed by atoms with Gasteiger partial charge in [0.15, 0.2) is 11.5 Å². The van der Waals surface area contributed by atoms with E-state index in [4.69, 9.17) is 14.2 Å². The molecule has 0 saturated heterocycles. The molecule has 160 valence electrons. The Hall–Kier alpha value is -3.22. The molecule has 0 aliphatic heterocycles. The number of aromatic nitrogens is 2. The van der Waals surface area contributed by atoms with Crippen LogP contribution < -0.4 is 19.5 Å². The van der Waals surface area contributed by atoms with E-state index >= 15 is 0 Å². The average molecular weight is 412 g/mol. The Labute approximate surface area is 176 Å². The second-order valence-corrected chi connectivity index (χ2v) is 7.46. The first-order valence-electron chi connectivity index (χ1n) is 9.99. The van der Waals surface area contributed by atoms with Crippen LogP contribution >= 0.6 is 0 Å². The maximum atomic E-state index is 12.7. The molecule has 0 fully saturated rings. The number of carbonyl (C=O) groups excluding carboxylic acids is 1. The second-order valence-electron chi connectivity index (χ2n) is 7.46. The molecule has 2 N–H and O–H groups in total. The number of fused-ring (bicyclic) bond motifs is 1. The lowest BCUT2D eigenvalue weighted by molar-refractivity contribution is -0.122. The van der Waals surface area contributed by atoms with Crippen molar-refractivity contribution in [3.63, 3.8) is 0 Å². The predicted molar refractivity (Wildman–Crippen MR) is 116 cm³/mol. The van der Waals surface area contributed by atoms with Crippen molar-refractivity contribution in [2.45, 2.75) is 32.7 Å². The van der Waals surface area contributed by atoms with E-state index in [9.17, 15) is 4.79 Å². The zero-order valence-electron chi connectivity index (χ0n) is 18.1. The highest BCUT2D eigenvalue weighted by atomic mass is 16.5. The lowest BCUT2D eigenvalue weighted by Gasteiger charge is -2.20. The van der Waals surface area contributed by atoms with Crippen LogP contribution in [0.25, 0.3) is 11.0 Å². The molecule has 0 spiro atoms. The number of hydrogen-bond donors (Lipinski definition) is 2. The van der Waals surface area contributed by atoms with Crippen LogP contribution in [0.2, 0.25) is 0 Å². The first-order valence-corrected chi connectivity index (χ1v) is 9.99. The van der Waals surface area contributed by atoms with Gasteiger partial charge in [-0.1, -0.05) is 26.0 Å². The number of nitrogens with zero attached hydrogens (tertiary/aromatic N) is 1. The van der Waals surface area contributed by atoms with Crippen LogP contribution in [0.3, 0.4) is 0 Å². The van der Waals surface area contributed by atoms with Crippen molar-refractivity contribution in [2.24, 2.45) is 5.92 Å². The second kappa shape index (κ2) is 9.52. The van der Waals surface area contributed by atoms with Gasteiger partial charge >= 0.3 is 0 Å². The third kappa shape index (κ3) is 4.67. The summed E-state index contributed by atoms with van der Waals surface area (Å²) in [6.45, 7) is 4.13. The molecule has 1 amide bonds. The Bertz CT molecular complexity index is 955. The highest BCUT2D eigenvalue weighted by Gasteiger charge is 2.22. The molecule has 7 heteroatoms. The van der Waals surface area contributed by atoms with Gasteiger partial charge in [0.2, 0.25) is 11.7 Å². The average Bonchev–Trinajstić information content (AvgIpc) is 3.18. The van der Waals surface area contributed by atoms with Crippen LogP contribution in [0.5, 0.6) is 17.2 Å². The minimum absolute atomic E-state index is 0.0390. The third-order valence-electron chi connectivity index (χ3n) is 5.05. The van der Waals surface area contributed by atoms with Gasteiger partial charge in [-0.3, -0.25) is 4.79 Å². The molecule has 0 bridgehead atoms. The predicted octanol–water partition coefficient (Wildman–Crippen LogP) is 4.03. The van der Waals surface area contributed by atoms with Crippen molar-refractivity contribution >= 4 is 16.9 Å². The number of methoxy groups -OCH3 is 3. The molecule has 1 unspecified atom stereocenters. The Morgan fingerprint density at radius 2 is 1.73 bits per heavy atom. The third-order valence-corrected chi connectivity index (χ3v) is 5.05. The van der Waals surface area contributed by atoms with Crippen LogP contribution in [0.1, 0.15) is 37.7 Å². The summed E-state index contributed by atoms with van der Waals surface area (Å²) in [4.78, 5) is 20.7. The maximum Gasteiger partial charge on any atom is 0.220 e. The first kappa shape index (κ1) is 21.5. The van der Waals surface area contributed by atoms with Crippen LogP contribution in [0.15, 0.2) is 36.4 Å². The van der Waals surface area contributed by atoms with Gasteiger partial charge in [0.05, 0.1) is 38.4 Å². The molecule has 2 aromatic carbocycles. The molecule has 3 rings (SSSR count). The van der Waals surface area contributed by atoms with E-state index in [0.29, 0.717) is 30.1 Å². The van der Waals surface area contributed by atoms with Crippen LogP contribution in [-0.4, -0.2) is 37.2 Å². The maximum absolute atomic E-state index is 12.7. The van der Waals surface area contributed by atoms with Gasteiger partial charge in [0.25, 0.3) is 0 Å².